The maximum Gasteiger partial charge on any atom is 0.272 e. The van der Waals surface area contributed by atoms with Gasteiger partial charge in [-0.1, -0.05) is 29.8 Å². The number of aryl methyl sites for hydroxylation is 1. The Hall–Kier alpha value is -1.10. The van der Waals surface area contributed by atoms with Gasteiger partial charge in [-0.3, -0.25) is 10.1 Å². The van der Waals surface area contributed by atoms with Crippen LogP contribution in [0, 0.1) is 22.5 Å². The molecule has 1 aliphatic carbocycles. The molecule has 3 unspecified atom stereocenters. The van der Waals surface area contributed by atoms with Gasteiger partial charge >= 0.3 is 0 Å². The van der Waals surface area contributed by atoms with E-state index in [1.165, 1.54) is 6.07 Å². The number of nitrogens with zero attached hydrogens (tertiary/aromatic N) is 1. The van der Waals surface area contributed by atoms with Crippen molar-refractivity contribution >= 4 is 21.6 Å². The number of hydrogen-bond donors (Lipinski definition) is 0. The summed E-state index contributed by atoms with van der Waals surface area (Å²) in [7, 11) is 0. The van der Waals surface area contributed by atoms with Crippen molar-refractivity contribution in [3.05, 3.63) is 33.9 Å². The van der Waals surface area contributed by atoms with Gasteiger partial charge in [-0.15, -0.1) is 0 Å². The maximum absolute atomic E-state index is 10.8. The van der Waals surface area contributed by atoms with E-state index in [0.717, 1.165) is 12.8 Å². The number of rotatable bonds is 4. The quantitative estimate of drug-likeness (QED) is 0.472. The summed E-state index contributed by atoms with van der Waals surface area (Å²) in [6.07, 6.45) is 2.18. The van der Waals surface area contributed by atoms with Crippen LogP contribution in [0.15, 0.2) is 18.2 Å². The van der Waals surface area contributed by atoms with Crippen LogP contribution in [0.5, 0.6) is 5.75 Å². The summed E-state index contributed by atoms with van der Waals surface area (Å²) in [5.74, 6) is 0.715. The second-order valence-corrected chi connectivity index (χ2v) is 6.48. The highest BCUT2D eigenvalue weighted by atomic mass is 79.9. The Morgan fingerprint density at radius 2 is 2.26 bits per heavy atom. The van der Waals surface area contributed by atoms with E-state index in [9.17, 15) is 10.1 Å². The Labute approximate surface area is 121 Å². The Morgan fingerprint density at radius 1 is 1.58 bits per heavy atom. The summed E-state index contributed by atoms with van der Waals surface area (Å²) in [5, 5.41) is 10.8. The first-order chi connectivity index (χ1) is 8.88. The van der Waals surface area contributed by atoms with Crippen LogP contribution in [0.1, 0.15) is 32.3 Å². The van der Waals surface area contributed by atoms with E-state index in [4.69, 9.17) is 4.74 Å². The lowest BCUT2D eigenvalue weighted by Gasteiger charge is -2.50. The number of ether oxygens (including phenoxy) is 1. The van der Waals surface area contributed by atoms with Crippen LogP contribution in [0.2, 0.25) is 0 Å². The highest BCUT2D eigenvalue weighted by Gasteiger charge is 2.50. The number of nitro benzene ring substituents is 1. The van der Waals surface area contributed by atoms with E-state index < -0.39 is 0 Å². The van der Waals surface area contributed by atoms with E-state index in [1.54, 1.807) is 19.1 Å². The van der Waals surface area contributed by atoms with Crippen LogP contribution in [-0.4, -0.2) is 15.9 Å². The molecule has 1 aromatic carbocycles. The second kappa shape index (κ2) is 5.12. The molecule has 1 fully saturated rings. The average molecular weight is 328 g/mol. The fourth-order valence-electron chi connectivity index (χ4n) is 2.47. The smallest absolute Gasteiger partial charge is 0.272 e. The van der Waals surface area contributed by atoms with E-state index >= 15 is 0 Å². The van der Waals surface area contributed by atoms with Gasteiger partial charge in [0, 0.05) is 21.9 Å². The summed E-state index contributed by atoms with van der Waals surface area (Å²) in [6, 6.07) is 4.94. The van der Waals surface area contributed by atoms with Crippen molar-refractivity contribution in [2.45, 2.75) is 44.5 Å². The average Bonchev–Trinajstić information content (AvgIpc) is 2.37. The summed E-state index contributed by atoms with van der Waals surface area (Å²) >= 11 is 3.67. The highest BCUT2D eigenvalue weighted by molar-refractivity contribution is 9.09. The molecule has 0 radical (unpaired) electrons. The Morgan fingerprint density at radius 3 is 2.74 bits per heavy atom. The third-order valence-corrected chi connectivity index (χ3v) is 5.70. The predicted octanol–water partition coefficient (Wildman–Crippen LogP) is 4.23. The number of nitro groups is 1. The largest absolute Gasteiger partial charge is 0.490 e. The van der Waals surface area contributed by atoms with Gasteiger partial charge in [-0.05, 0) is 31.9 Å². The summed E-state index contributed by atoms with van der Waals surface area (Å²) in [6.45, 7) is 6.10. The van der Waals surface area contributed by atoms with Gasteiger partial charge < -0.3 is 4.74 Å². The molecule has 0 spiro atoms. The molecule has 1 aliphatic rings. The van der Waals surface area contributed by atoms with Crippen molar-refractivity contribution in [3.8, 4) is 5.75 Å². The van der Waals surface area contributed by atoms with Gasteiger partial charge in [0.2, 0.25) is 0 Å². The molecule has 2 rings (SSSR count). The first-order valence-corrected chi connectivity index (χ1v) is 7.36. The maximum atomic E-state index is 10.8. The van der Waals surface area contributed by atoms with Gasteiger partial charge in [0.1, 0.15) is 11.9 Å². The van der Waals surface area contributed by atoms with Crippen molar-refractivity contribution in [2.75, 3.05) is 0 Å². The van der Waals surface area contributed by atoms with Crippen molar-refractivity contribution < 1.29 is 9.66 Å². The standard InChI is InChI=1S/C14H18BrNO3/c1-4-14(3)12(15)8-13(14)19-10-5-6-11(16(17)18)9(2)7-10/h5-7,12-13H,4,8H2,1-3H3. The molecule has 1 aromatic rings. The summed E-state index contributed by atoms with van der Waals surface area (Å²) in [4.78, 5) is 10.9. The third-order valence-electron chi connectivity index (χ3n) is 4.28. The van der Waals surface area contributed by atoms with Crippen molar-refractivity contribution in [1.29, 1.82) is 0 Å². The Balaban J connectivity index is 2.13. The molecule has 4 nitrogen and oxygen atoms in total. The predicted molar refractivity (Wildman–Crippen MR) is 78.0 cm³/mol. The molecular formula is C14H18BrNO3. The lowest BCUT2D eigenvalue weighted by atomic mass is 9.65. The fourth-order valence-corrected chi connectivity index (χ4v) is 3.43. The van der Waals surface area contributed by atoms with Gasteiger partial charge in [0.15, 0.2) is 0 Å². The van der Waals surface area contributed by atoms with E-state index in [2.05, 4.69) is 29.8 Å². The van der Waals surface area contributed by atoms with Crippen LogP contribution < -0.4 is 4.74 Å². The molecule has 3 atom stereocenters. The molecule has 5 heteroatoms. The second-order valence-electron chi connectivity index (χ2n) is 5.37. The van der Waals surface area contributed by atoms with E-state index in [-0.39, 0.29) is 22.1 Å². The SMILES string of the molecule is CCC1(C)C(Br)CC1Oc1ccc([N+](=O)[O-])c(C)c1. The van der Waals surface area contributed by atoms with Crippen LogP contribution in [0.25, 0.3) is 0 Å². The van der Waals surface area contributed by atoms with Crippen LogP contribution in [0.3, 0.4) is 0 Å². The van der Waals surface area contributed by atoms with Crippen LogP contribution in [0.4, 0.5) is 5.69 Å². The highest BCUT2D eigenvalue weighted by Crippen LogP contribution is 2.50. The monoisotopic (exact) mass is 327 g/mol. The number of hydrogen-bond acceptors (Lipinski definition) is 3. The zero-order chi connectivity index (χ0) is 14.2. The minimum Gasteiger partial charge on any atom is -0.490 e. The fraction of sp³-hybridized carbons (Fsp3) is 0.571. The molecule has 19 heavy (non-hydrogen) atoms. The molecule has 0 N–H and O–H groups in total. The topological polar surface area (TPSA) is 52.4 Å². The molecule has 0 bridgehead atoms. The zero-order valence-electron chi connectivity index (χ0n) is 11.4. The van der Waals surface area contributed by atoms with Gasteiger partial charge in [0.05, 0.1) is 4.92 Å². The van der Waals surface area contributed by atoms with Crippen LogP contribution in [-0.2, 0) is 0 Å². The molecule has 0 heterocycles. The van der Waals surface area contributed by atoms with E-state index in [0.29, 0.717) is 16.1 Å². The lowest BCUT2D eigenvalue weighted by molar-refractivity contribution is -0.385. The first-order valence-electron chi connectivity index (χ1n) is 6.44. The van der Waals surface area contributed by atoms with Crippen molar-refractivity contribution in [1.82, 2.24) is 0 Å². The number of alkyl halides is 1. The molecule has 0 aromatic heterocycles. The lowest BCUT2D eigenvalue weighted by Crippen LogP contribution is -2.54. The first kappa shape index (κ1) is 14.3. The van der Waals surface area contributed by atoms with Gasteiger partial charge in [-0.2, -0.15) is 0 Å². The normalized spacial score (nSPS) is 29.7. The van der Waals surface area contributed by atoms with Crippen LogP contribution >= 0.6 is 15.9 Å². The summed E-state index contributed by atoms with van der Waals surface area (Å²) in [5.41, 5.74) is 0.906. The molecular weight excluding hydrogens is 310 g/mol. The Kier molecular flexibility index (Phi) is 3.85. The molecule has 0 saturated heterocycles. The van der Waals surface area contributed by atoms with Crippen molar-refractivity contribution in [3.63, 3.8) is 0 Å². The molecule has 0 aliphatic heterocycles. The molecule has 104 valence electrons. The minimum absolute atomic E-state index is 0.135. The number of halogens is 1. The summed E-state index contributed by atoms with van der Waals surface area (Å²) < 4.78 is 5.99. The van der Waals surface area contributed by atoms with Gasteiger partial charge in [0.25, 0.3) is 5.69 Å². The Bertz CT molecular complexity index is 505. The number of benzene rings is 1. The molecule has 0 amide bonds. The zero-order valence-corrected chi connectivity index (χ0v) is 12.9. The third kappa shape index (κ3) is 2.48. The van der Waals surface area contributed by atoms with E-state index in [1.807, 2.05) is 0 Å². The van der Waals surface area contributed by atoms with Crippen molar-refractivity contribution in [2.24, 2.45) is 5.41 Å². The van der Waals surface area contributed by atoms with Gasteiger partial charge in [-0.25, -0.2) is 0 Å². The minimum atomic E-state index is -0.368. The molecule has 1 saturated carbocycles.